The van der Waals surface area contributed by atoms with Gasteiger partial charge in [0.05, 0.1) is 22.5 Å². The van der Waals surface area contributed by atoms with Crippen LogP contribution in [0.2, 0.25) is 0 Å². The maximum atomic E-state index is 12.7. The number of hydrogen-bond acceptors (Lipinski definition) is 4. The molecule has 10 heteroatoms. The molecule has 0 saturated carbocycles. The van der Waals surface area contributed by atoms with Crippen molar-refractivity contribution in [2.45, 2.75) is 26.3 Å². The molecule has 2 heterocycles. The summed E-state index contributed by atoms with van der Waals surface area (Å²) in [4.78, 5) is 12.5. The van der Waals surface area contributed by atoms with Crippen molar-refractivity contribution in [3.05, 3.63) is 71.5 Å². The summed E-state index contributed by atoms with van der Waals surface area (Å²) in [6.45, 7) is 1.46. The molecule has 31 heavy (non-hydrogen) atoms. The molecule has 160 valence electrons. The molecule has 4 aromatic rings. The highest BCUT2D eigenvalue weighted by Gasteiger charge is 2.30. The predicted molar refractivity (Wildman–Crippen MR) is 105 cm³/mol. The van der Waals surface area contributed by atoms with Crippen LogP contribution in [0.15, 0.2) is 54.6 Å². The molecule has 0 spiro atoms. The van der Waals surface area contributed by atoms with Crippen LogP contribution in [0.3, 0.4) is 0 Å². The molecule has 7 nitrogen and oxygen atoms in total. The Morgan fingerprint density at radius 1 is 1.10 bits per heavy atom. The number of carboxylic acids is 1. The summed E-state index contributed by atoms with van der Waals surface area (Å²) in [5, 5.41) is 18.6. The summed E-state index contributed by atoms with van der Waals surface area (Å²) in [5.74, 6) is -0.636. The Kier molecular flexibility index (Phi) is 5.14. The number of aryl methyl sites for hydroxylation is 1. The zero-order valence-electron chi connectivity index (χ0n) is 16.3. The van der Waals surface area contributed by atoms with Gasteiger partial charge in [-0.1, -0.05) is 18.2 Å². The largest absolute Gasteiger partial charge is 0.480 e. The van der Waals surface area contributed by atoms with Crippen LogP contribution in [0.4, 0.5) is 13.2 Å². The van der Waals surface area contributed by atoms with Gasteiger partial charge in [-0.05, 0) is 37.3 Å². The lowest BCUT2D eigenvalue weighted by Gasteiger charge is -2.09. The SMILES string of the molecule is Cc1nn(-c2ccc(C(F)(F)F)cc2)nc1COc1cc2ccccc2n1CC(=O)O. The molecule has 0 aliphatic heterocycles. The fourth-order valence-electron chi connectivity index (χ4n) is 3.19. The number of carboxylic acid groups (broad SMARTS) is 1. The average Bonchev–Trinajstić information content (AvgIpc) is 3.26. The number of hydrogen-bond donors (Lipinski definition) is 1. The number of aliphatic carboxylic acids is 1. The van der Waals surface area contributed by atoms with Crippen molar-refractivity contribution in [2.24, 2.45) is 0 Å². The average molecular weight is 430 g/mol. The highest BCUT2D eigenvalue weighted by Crippen LogP contribution is 2.30. The van der Waals surface area contributed by atoms with Crippen molar-refractivity contribution < 1.29 is 27.8 Å². The Morgan fingerprint density at radius 2 is 1.81 bits per heavy atom. The molecule has 0 unspecified atom stereocenters. The Hall–Kier alpha value is -3.82. The predicted octanol–water partition coefficient (Wildman–Crippen LogP) is 4.21. The van der Waals surface area contributed by atoms with Crippen LogP contribution in [0, 0.1) is 6.92 Å². The summed E-state index contributed by atoms with van der Waals surface area (Å²) in [6, 6.07) is 13.6. The molecule has 0 fully saturated rings. The number of aromatic nitrogens is 4. The fourth-order valence-corrected chi connectivity index (χ4v) is 3.19. The minimum atomic E-state index is -4.42. The van der Waals surface area contributed by atoms with Gasteiger partial charge in [-0.2, -0.15) is 23.1 Å². The first-order chi connectivity index (χ1) is 14.7. The van der Waals surface area contributed by atoms with E-state index in [1.165, 1.54) is 16.9 Å². The quantitative estimate of drug-likeness (QED) is 0.496. The minimum Gasteiger partial charge on any atom is -0.480 e. The van der Waals surface area contributed by atoms with Gasteiger partial charge in [-0.3, -0.25) is 4.79 Å². The van der Waals surface area contributed by atoms with Gasteiger partial charge in [0.15, 0.2) is 5.88 Å². The van der Waals surface area contributed by atoms with E-state index in [0.717, 1.165) is 23.0 Å². The number of halogens is 3. The van der Waals surface area contributed by atoms with Gasteiger partial charge in [-0.25, -0.2) is 0 Å². The Balaban J connectivity index is 1.56. The first kappa shape index (κ1) is 20.5. The van der Waals surface area contributed by atoms with E-state index in [1.807, 2.05) is 18.2 Å². The van der Waals surface area contributed by atoms with Gasteiger partial charge in [0.2, 0.25) is 0 Å². The molecular formula is C21H17F3N4O3. The van der Waals surface area contributed by atoms with Crippen molar-refractivity contribution in [3.8, 4) is 11.6 Å². The first-order valence-electron chi connectivity index (χ1n) is 9.25. The van der Waals surface area contributed by atoms with E-state index in [-0.39, 0.29) is 13.2 Å². The molecule has 0 saturated heterocycles. The Morgan fingerprint density at radius 3 is 2.48 bits per heavy atom. The molecule has 4 rings (SSSR count). The Labute approximate surface area is 174 Å². The third kappa shape index (κ3) is 4.23. The summed E-state index contributed by atoms with van der Waals surface area (Å²) in [6.07, 6.45) is -4.42. The van der Waals surface area contributed by atoms with Crippen LogP contribution in [-0.4, -0.2) is 30.6 Å². The third-order valence-electron chi connectivity index (χ3n) is 4.73. The maximum absolute atomic E-state index is 12.7. The number of nitrogens with zero attached hydrogens (tertiary/aromatic N) is 4. The number of ether oxygens (including phenoxy) is 1. The van der Waals surface area contributed by atoms with Crippen molar-refractivity contribution in [1.82, 2.24) is 19.6 Å². The van der Waals surface area contributed by atoms with Crippen LogP contribution >= 0.6 is 0 Å². The summed E-state index contributed by atoms with van der Waals surface area (Å²) < 4.78 is 45.6. The van der Waals surface area contributed by atoms with E-state index >= 15 is 0 Å². The molecule has 0 aliphatic rings. The van der Waals surface area contributed by atoms with Gasteiger partial charge in [0, 0.05) is 11.5 Å². The summed E-state index contributed by atoms with van der Waals surface area (Å²) in [7, 11) is 0. The molecule has 0 atom stereocenters. The lowest BCUT2D eigenvalue weighted by atomic mass is 10.2. The van der Waals surface area contributed by atoms with Gasteiger partial charge in [0.25, 0.3) is 0 Å². The molecule has 0 radical (unpaired) electrons. The van der Waals surface area contributed by atoms with Crippen LogP contribution in [0.1, 0.15) is 17.0 Å². The fraction of sp³-hybridized carbons (Fsp3) is 0.190. The second-order valence-electron chi connectivity index (χ2n) is 6.88. The lowest BCUT2D eigenvalue weighted by Crippen LogP contribution is -2.11. The number of para-hydroxylation sites is 1. The summed E-state index contributed by atoms with van der Waals surface area (Å²) in [5.41, 5.74) is 1.37. The number of alkyl halides is 3. The number of fused-ring (bicyclic) bond motifs is 1. The van der Waals surface area contributed by atoms with Crippen LogP contribution in [0.5, 0.6) is 5.88 Å². The smallest absolute Gasteiger partial charge is 0.416 e. The monoisotopic (exact) mass is 430 g/mol. The second kappa shape index (κ2) is 7.78. The number of carbonyl (C=O) groups is 1. The van der Waals surface area contributed by atoms with Crippen molar-refractivity contribution >= 4 is 16.9 Å². The van der Waals surface area contributed by atoms with Gasteiger partial charge < -0.3 is 14.4 Å². The normalized spacial score (nSPS) is 11.7. The zero-order valence-corrected chi connectivity index (χ0v) is 16.3. The summed E-state index contributed by atoms with van der Waals surface area (Å²) >= 11 is 0. The Bertz CT molecular complexity index is 1240. The van der Waals surface area contributed by atoms with Gasteiger partial charge in [0.1, 0.15) is 18.8 Å². The topological polar surface area (TPSA) is 82.2 Å². The van der Waals surface area contributed by atoms with Crippen LogP contribution in [-0.2, 0) is 24.1 Å². The molecule has 0 aliphatic carbocycles. The van der Waals surface area contributed by atoms with Gasteiger partial charge >= 0.3 is 12.1 Å². The van der Waals surface area contributed by atoms with E-state index in [2.05, 4.69) is 10.2 Å². The van der Waals surface area contributed by atoms with Crippen LogP contribution in [0.25, 0.3) is 16.6 Å². The molecule has 0 bridgehead atoms. The maximum Gasteiger partial charge on any atom is 0.416 e. The highest BCUT2D eigenvalue weighted by atomic mass is 19.4. The van der Waals surface area contributed by atoms with Crippen molar-refractivity contribution in [2.75, 3.05) is 0 Å². The standard InChI is InChI=1S/C21H17F3N4O3/c1-13-17(26-28(25-13)16-8-6-15(7-9-16)21(22,23)24)12-31-19-10-14-4-2-3-5-18(14)27(19)11-20(29)30/h2-10H,11-12H2,1H3,(H,29,30). The minimum absolute atomic E-state index is 0.0163. The molecule has 2 aromatic heterocycles. The molecule has 2 aromatic carbocycles. The van der Waals surface area contributed by atoms with E-state index in [4.69, 9.17) is 4.74 Å². The van der Waals surface area contributed by atoms with E-state index in [0.29, 0.717) is 23.0 Å². The molecular weight excluding hydrogens is 413 g/mol. The molecule has 1 N–H and O–H groups in total. The number of rotatable bonds is 6. The van der Waals surface area contributed by atoms with Crippen molar-refractivity contribution in [3.63, 3.8) is 0 Å². The molecule has 0 amide bonds. The van der Waals surface area contributed by atoms with E-state index in [9.17, 15) is 23.1 Å². The lowest BCUT2D eigenvalue weighted by molar-refractivity contribution is -0.138. The van der Waals surface area contributed by atoms with Gasteiger partial charge in [-0.15, -0.1) is 5.10 Å². The zero-order chi connectivity index (χ0) is 22.2. The first-order valence-corrected chi connectivity index (χ1v) is 9.25. The van der Waals surface area contributed by atoms with Crippen LogP contribution < -0.4 is 4.74 Å². The van der Waals surface area contributed by atoms with E-state index < -0.39 is 17.7 Å². The third-order valence-corrected chi connectivity index (χ3v) is 4.73. The van der Waals surface area contributed by atoms with E-state index in [1.54, 1.807) is 23.6 Å². The van der Waals surface area contributed by atoms with Crippen molar-refractivity contribution in [1.29, 1.82) is 0 Å². The number of benzene rings is 2. The highest BCUT2D eigenvalue weighted by molar-refractivity contribution is 5.84. The second-order valence-corrected chi connectivity index (χ2v) is 6.88.